The molecule has 31 heavy (non-hydrogen) atoms. The lowest BCUT2D eigenvalue weighted by atomic mass is 9.98. The summed E-state index contributed by atoms with van der Waals surface area (Å²) in [6, 6.07) is 10.3. The molecule has 0 spiro atoms. The molecule has 0 fully saturated rings. The molecule has 4 rings (SSSR count). The van der Waals surface area contributed by atoms with Crippen LogP contribution in [0.3, 0.4) is 0 Å². The minimum absolute atomic E-state index is 0.544. The maximum Gasteiger partial charge on any atom is 0.144 e. The van der Waals surface area contributed by atoms with Crippen LogP contribution in [0.4, 0.5) is 0 Å². The van der Waals surface area contributed by atoms with Crippen molar-refractivity contribution < 1.29 is 4.74 Å². The highest BCUT2D eigenvalue weighted by atomic mass is 32.1. The van der Waals surface area contributed by atoms with Gasteiger partial charge in [-0.15, -0.1) is 11.3 Å². The van der Waals surface area contributed by atoms with Crippen LogP contribution in [0.2, 0.25) is 0 Å². The van der Waals surface area contributed by atoms with Crippen LogP contribution < -0.4 is 4.74 Å². The summed E-state index contributed by atoms with van der Waals surface area (Å²) in [7, 11) is 1.68. The van der Waals surface area contributed by atoms with Gasteiger partial charge in [0.05, 0.1) is 24.7 Å². The second-order valence-corrected chi connectivity index (χ2v) is 8.75. The molecule has 0 radical (unpaired) electrons. The Morgan fingerprint density at radius 3 is 2.58 bits per heavy atom. The van der Waals surface area contributed by atoms with E-state index in [-0.39, 0.29) is 0 Å². The first-order chi connectivity index (χ1) is 15.0. The Morgan fingerprint density at radius 1 is 1.16 bits per heavy atom. The molecule has 0 aliphatic heterocycles. The van der Waals surface area contributed by atoms with Crippen molar-refractivity contribution in [3.8, 4) is 33.5 Å². The standard InChI is InChI=1S/C25H26N4OS/c1-16(2)12-17(3)21-13-24(23-15-31-25(28-23)22-14-26-10-11-27-22)29(18(21)4)19-6-8-20(30-5)9-7-19/h6-11,13-16H,3,12H2,1-2,4-5H3. The Bertz CT molecular complexity index is 1190. The van der Waals surface area contributed by atoms with Crippen LogP contribution in [0.5, 0.6) is 5.75 Å². The predicted molar refractivity (Wildman–Crippen MR) is 128 cm³/mol. The zero-order valence-electron chi connectivity index (χ0n) is 18.3. The van der Waals surface area contributed by atoms with E-state index >= 15 is 0 Å². The second kappa shape index (κ2) is 8.86. The molecule has 5 nitrogen and oxygen atoms in total. The first-order valence-corrected chi connectivity index (χ1v) is 11.1. The third-order valence-corrected chi connectivity index (χ3v) is 6.03. The fourth-order valence-electron chi connectivity index (χ4n) is 3.74. The van der Waals surface area contributed by atoms with E-state index in [1.165, 1.54) is 5.56 Å². The van der Waals surface area contributed by atoms with Crippen LogP contribution in [0, 0.1) is 12.8 Å². The third-order valence-electron chi connectivity index (χ3n) is 5.16. The van der Waals surface area contributed by atoms with Gasteiger partial charge >= 0.3 is 0 Å². The number of aromatic nitrogens is 4. The number of rotatable bonds is 7. The fourth-order valence-corrected chi connectivity index (χ4v) is 4.51. The number of hydrogen-bond donors (Lipinski definition) is 0. The molecule has 0 saturated heterocycles. The summed E-state index contributed by atoms with van der Waals surface area (Å²) in [5.74, 6) is 1.38. The number of methoxy groups -OCH3 is 1. The summed E-state index contributed by atoms with van der Waals surface area (Å²) in [5, 5.41) is 2.93. The molecule has 0 aliphatic rings. The van der Waals surface area contributed by atoms with E-state index in [1.54, 1.807) is 37.0 Å². The van der Waals surface area contributed by atoms with Crippen molar-refractivity contribution in [3.63, 3.8) is 0 Å². The van der Waals surface area contributed by atoms with Crippen LogP contribution in [0.15, 0.2) is 60.9 Å². The van der Waals surface area contributed by atoms with Crippen molar-refractivity contribution in [1.29, 1.82) is 0 Å². The van der Waals surface area contributed by atoms with Gasteiger partial charge in [0.1, 0.15) is 16.5 Å². The topological polar surface area (TPSA) is 52.8 Å². The smallest absolute Gasteiger partial charge is 0.144 e. The Kier molecular flexibility index (Phi) is 6.00. The van der Waals surface area contributed by atoms with E-state index in [4.69, 9.17) is 9.72 Å². The largest absolute Gasteiger partial charge is 0.497 e. The Balaban J connectivity index is 1.84. The first kappa shape index (κ1) is 21.0. The molecule has 0 atom stereocenters. The molecule has 0 N–H and O–H groups in total. The second-order valence-electron chi connectivity index (χ2n) is 7.89. The number of ether oxygens (including phenoxy) is 1. The summed E-state index contributed by atoms with van der Waals surface area (Å²) in [4.78, 5) is 13.4. The quantitative estimate of drug-likeness (QED) is 0.339. The molecule has 3 aromatic heterocycles. The van der Waals surface area contributed by atoms with Gasteiger partial charge in [-0.3, -0.25) is 9.97 Å². The Labute approximate surface area is 187 Å². The van der Waals surface area contributed by atoms with E-state index in [0.717, 1.165) is 51.2 Å². The van der Waals surface area contributed by atoms with Gasteiger partial charge in [0.15, 0.2) is 0 Å². The van der Waals surface area contributed by atoms with E-state index < -0.39 is 0 Å². The number of thiazole rings is 1. The number of allylic oxidation sites excluding steroid dienone is 1. The van der Waals surface area contributed by atoms with Gasteiger partial charge in [0.2, 0.25) is 0 Å². The normalized spacial score (nSPS) is 11.1. The molecule has 1 aromatic carbocycles. The molecule has 0 amide bonds. The molecule has 6 heteroatoms. The van der Waals surface area contributed by atoms with Gasteiger partial charge in [0, 0.05) is 29.2 Å². The minimum Gasteiger partial charge on any atom is -0.497 e. The van der Waals surface area contributed by atoms with Crippen LogP contribution in [-0.2, 0) is 0 Å². The summed E-state index contributed by atoms with van der Waals surface area (Å²) in [5.41, 5.74) is 7.26. The lowest BCUT2D eigenvalue weighted by Gasteiger charge is -2.13. The van der Waals surface area contributed by atoms with Crippen molar-refractivity contribution in [2.75, 3.05) is 7.11 Å². The lowest BCUT2D eigenvalue weighted by Crippen LogP contribution is -2.00. The molecule has 3 heterocycles. The predicted octanol–water partition coefficient (Wildman–Crippen LogP) is 6.43. The van der Waals surface area contributed by atoms with Crippen molar-refractivity contribution in [3.05, 3.63) is 72.1 Å². The molecular weight excluding hydrogens is 404 g/mol. The van der Waals surface area contributed by atoms with Crippen molar-refractivity contribution >= 4 is 16.9 Å². The van der Waals surface area contributed by atoms with Crippen LogP contribution in [0.25, 0.3) is 33.3 Å². The van der Waals surface area contributed by atoms with Gasteiger partial charge in [-0.25, -0.2) is 4.98 Å². The van der Waals surface area contributed by atoms with E-state index in [1.807, 2.05) is 12.1 Å². The van der Waals surface area contributed by atoms with E-state index in [9.17, 15) is 0 Å². The fraction of sp³-hybridized carbons (Fsp3) is 0.240. The number of nitrogens with zero attached hydrogens (tertiary/aromatic N) is 4. The lowest BCUT2D eigenvalue weighted by molar-refractivity contribution is 0.414. The summed E-state index contributed by atoms with van der Waals surface area (Å²) in [6.07, 6.45) is 6.05. The SMILES string of the molecule is C=C(CC(C)C)c1cc(-c2csc(-c3cnccn3)n2)n(-c2ccc(OC)cc2)c1C. The molecule has 4 aromatic rings. The third kappa shape index (κ3) is 4.30. The van der Waals surface area contributed by atoms with E-state index in [0.29, 0.717) is 5.92 Å². The van der Waals surface area contributed by atoms with Crippen molar-refractivity contribution in [1.82, 2.24) is 19.5 Å². The highest BCUT2D eigenvalue weighted by molar-refractivity contribution is 7.13. The highest BCUT2D eigenvalue weighted by Gasteiger charge is 2.19. The summed E-state index contributed by atoms with van der Waals surface area (Å²) >= 11 is 1.57. The summed E-state index contributed by atoms with van der Waals surface area (Å²) < 4.78 is 7.59. The molecular formula is C25H26N4OS. The average molecular weight is 431 g/mol. The van der Waals surface area contributed by atoms with Crippen molar-refractivity contribution in [2.45, 2.75) is 27.2 Å². The minimum atomic E-state index is 0.544. The zero-order chi connectivity index (χ0) is 22.0. The van der Waals surface area contributed by atoms with Gasteiger partial charge in [-0.2, -0.15) is 0 Å². The van der Waals surface area contributed by atoms with Gasteiger partial charge in [-0.05, 0) is 60.7 Å². The molecule has 0 aliphatic carbocycles. The maximum absolute atomic E-state index is 5.34. The number of benzene rings is 1. The van der Waals surface area contributed by atoms with Crippen molar-refractivity contribution in [2.24, 2.45) is 5.92 Å². The van der Waals surface area contributed by atoms with Gasteiger partial charge < -0.3 is 9.30 Å². The first-order valence-electron chi connectivity index (χ1n) is 10.2. The molecule has 0 bridgehead atoms. The monoisotopic (exact) mass is 430 g/mol. The molecule has 0 saturated carbocycles. The van der Waals surface area contributed by atoms with Gasteiger partial charge in [-0.1, -0.05) is 20.4 Å². The van der Waals surface area contributed by atoms with Gasteiger partial charge in [0.25, 0.3) is 0 Å². The maximum atomic E-state index is 5.34. The molecule has 158 valence electrons. The highest BCUT2D eigenvalue weighted by Crippen LogP contribution is 2.36. The van der Waals surface area contributed by atoms with Crippen LogP contribution >= 0.6 is 11.3 Å². The van der Waals surface area contributed by atoms with E-state index in [2.05, 4.69) is 65.5 Å². The molecule has 0 unspecified atom stereocenters. The van der Waals surface area contributed by atoms with Crippen LogP contribution in [0.1, 0.15) is 31.5 Å². The Hall–Kier alpha value is -3.25. The number of hydrogen-bond acceptors (Lipinski definition) is 5. The van der Waals surface area contributed by atoms with Crippen LogP contribution in [-0.4, -0.2) is 26.6 Å². The Morgan fingerprint density at radius 2 is 1.94 bits per heavy atom. The zero-order valence-corrected chi connectivity index (χ0v) is 19.1. The summed E-state index contributed by atoms with van der Waals surface area (Å²) in [6.45, 7) is 11.0. The average Bonchev–Trinajstić information content (AvgIpc) is 3.39.